The average Bonchev–Trinajstić information content (AvgIpc) is 2.72. The molecule has 0 spiro atoms. The molecular formula is C23H20Br2O. The Morgan fingerprint density at radius 2 is 1.19 bits per heavy atom. The lowest BCUT2D eigenvalue weighted by Gasteiger charge is -2.16. The molecule has 0 amide bonds. The van der Waals surface area contributed by atoms with E-state index in [0.717, 1.165) is 24.0 Å². The monoisotopic (exact) mass is 470 g/mol. The molecule has 0 aliphatic rings. The molecule has 3 aromatic rings. The van der Waals surface area contributed by atoms with Crippen molar-refractivity contribution in [2.75, 3.05) is 0 Å². The summed E-state index contributed by atoms with van der Waals surface area (Å²) in [6.45, 7) is 0. The lowest BCUT2D eigenvalue weighted by Crippen LogP contribution is -2.19. The summed E-state index contributed by atoms with van der Waals surface area (Å²) in [5.41, 5.74) is 4.39. The number of rotatable bonds is 7. The molecule has 0 saturated heterocycles. The van der Waals surface area contributed by atoms with Crippen LogP contribution >= 0.6 is 31.9 Å². The van der Waals surface area contributed by atoms with Crippen molar-refractivity contribution in [3.63, 3.8) is 0 Å². The van der Waals surface area contributed by atoms with E-state index in [-0.39, 0.29) is 15.4 Å². The number of carbonyl (C=O) groups is 1. The number of hydrogen-bond acceptors (Lipinski definition) is 1. The van der Waals surface area contributed by atoms with Gasteiger partial charge in [0.15, 0.2) is 5.78 Å². The van der Waals surface area contributed by atoms with Crippen LogP contribution in [0.3, 0.4) is 0 Å². The fourth-order valence-corrected chi connectivity index (χ4v) is 3.98. The third kappa shape index (κ3) is 4.93. The lowest BCUT2D eigenvalue weighted by atomic mass is 9.99. The van der Waals surface area contributed by atoms with Gasteiger partial charge in [-0.1, -0.05) is 117 Å². The molecule has 2 atom stereocenters. The van der Waals surface area contributed by atoms with Gasteiger partial charge in [0.25, 0.3) is 0 Å². The van der Waals surface area contributed by atoms with Crippen LogP contribution in [0.15, 0.2) is 84.9 Å². The second-order valence-corrected chi connectivity index (χ2v) is 8.23. The van der Waals surface area contributed by atoms with Crippen molar-refractivity contribution >= 4 is 37.6 Å². The van der Waals surface area contributed by atoms with Gasteiger partial charge in [0, 0.05) is 5.56 Å². The SMILES string of the molecule is O=C(c1ccc(CCc2ccccc2)cc1)[C@H](Br)[C@@H](Br)c1ccccc1. The van der Waals surface area contributed by atoms with Crippen molar-refractivity contribution in [1.82, 2.24) is 0 Å². The Morgan fingerprint density at radius 1 is 0.692 bits per heavy atom. The maximum absolute atomic E-state index is 12.8. The molecule has 1 nitrogen and oxygen atoms in total. The summed E-state index contributed by atoms with van der Waals surface area (Å²) in [6.07, 6.45) is 1.98. The molecule has 0 radical (unpaired) electrons. The topological polar surface area (TPSA) is 17.1 Å². The number of halogens is 2. The smallest absolute Gasteiger partial charge is 0.177 e. The molecule has 3 rings (SSSR count). The van der Waals surface area contributed by atoms with Gasteiger partial charge >= 0.3 is 0 Å². The second kappa shape index (κ2) is 9.29. The van der Waals surface area contributed by atoms with E-state index >= 15 is 0 Å². The zero-order chi connectivity index (χ0) is 18.4. The number of benzene rings is 3. The first-order valence-electron chi connectivity index (χ1n) is 8.65. The largest absolute Gasteiger partial charge is 0.293 e. The van der Waals surface area contributed by atoms with Crippen molar-refractivity contribution in [2.45, 2.75) is 22.5 Å². The summed E-state index contributed by atoms with van der Waals surface area (Å²) in [7, 11) is 0. The van der Waals surface area contributed by atoms with Gasteiger partial charge in [-0.25, -0.2) is 0 Å². The highest BCUT2D eigenvalue weighted by molar-refractivity contribution is 9.12. The predicted molar refractivity (Wildman–Crippen MR) is 115 cm³/mol. The number of carbonyl (C=O) groups excluding carboxylic acids is 1. The van der Waals surface area contributed by atoms with Crippen LogP contribution in [0, 0.1) is 0 Å². The van der Waals surface area contributed by atoms with Crippen LogP contribution in [0.2, 0.25) is 0 Å². The number of Topliss-reactive ketones (excluding diaryl/α,β-unsaturated/α-hetero) is 1. The highest BCUT2D eigenvalue weighted by atomic mass is 79.9. The fourth-order valence-electron chi connectivity index (χ4n) is 2.87. The molecule has 3 heteroatoms. The molecule has 0 aromatic heterocycles. The summed E-state index contributed by atoms with van der Waals surface area (Å²) in [5, 5.41) is 0. The summed E-state index contributed by atoms with van der Waals surface area (Å²) in [5.74, 6) is 0.0883. The molecule has 0 unspecified atom stereocenters. The molecule has 0 aliphatic carbocycles. The zero-order valence-electron chi connectivity index (χ0n) is 14.3. The molecule has 0 N–H and O–H groups in total. The minimum absolute atomic E-state index is 0.0612. The molecule has 0 saturated carbocycles. The quantitative estimate of drug-likeness (QED) is 0.282. The zero-order valence-corrected chi connectivity index (χ0v) is 17.5. The Hall–Kier alpha value is -1.71. The molecule has 3 aromatic carbocycles. The first-order chi connectivity index (χ1) is 12.6. The standard InChI is InChI=1S/C23H20Br2O/c24-21(19-9-5-2-6-10-19)22(25)23(26)20-15-13-18(14-16-20)12-11-17-7-3-1-4-8-17/h1-10,13-16,21-22H,11-12H2/t21-,22+/m0/s1. The van der Waals surface area contributed by atoms with Crippen LogP contribution < -0.4 is 0 Å². The molecular weight excluding hydrogens is 452 g/mol. The van der Waals surface area contributed by atoms with E-state index in [4.69, 9.17) is 0 Å². The van der Waals surface area contributed by atoms with E-state index in [2.05, 4.69) is 68.3 Å². The van der Waals surface area contributed by atoms with E-state index in [9.17, 15) is 4.79 Å². The van der Waals surface area contributed by atoms with Gasteiger partial charge in [0.05, 0.1) is 9.65 Å². The molecule has 0 fully saturated rings. The summed E-state index contributed by atoms with van der Waals surface area (Å²) < 4.78 is 0. The Kier molecular flexibility index (Phi) is 6.81. The number of ketones is 1. The van der Waals surface area contributed by atoms with E-state index in [1.54, 1.807) is 0 Å². The van der Waals surface area contributed by atoms with E-state index in [1.165, 1.54) is 11.1 Å². The van der Waals surface area contributed by atoms with E-state index in [1.807, 2.05) is 48.5 Å². The molecule has 0 bridgehead atoms. The number of alkyl halides is 2. The number of hydrogen-bond donors (Lipinski definition) is 0. The maximum Gasteiger partial charge on any atom is 0.177 e. The lowest BCUT2D eigenvalue weighted by molar-refractivity contribution is 0.0991. The normalized spacial score (nSPS) is 13.2. The highest BCUT2D eigenvalue weighted by Gasteiger charge is 2.25. The summed E-state index contributed by atoms with van der Waals surface area (Å²) >= 11 is 7.21. The summed E-state index contributed by atoms with van der Waals surface area (Å²) in [6, 6.07) is 28.4. The predicted octanol–water partition coefficient (Wildman–Crippen LogP) is 6.55. The maximum atomic E-state index is 12.8. The Morgan fingerprint density at radius 3 is 1.77 bits per heavy atom. The Balaban J connectivity index is 1.63. The van der Waals surface area contributed by atoms with Gasteiger partial charge in [-0.15, -0.1) is 0 Å². The van der Waals surface area contributed by atoms with Crippen LogP contribution in [0.25, 0.3) is 0 Å². The van der Waals surface area contributed by atoms with Crippen LogP contribution in [0.5, 0.6) is 0 Å². The van der Waals surface area contributed by atoms with E-state index < -0.39 is 0 Å². The third-order valence-electron chi connectivity index (χ3n) is 4.41. The van der Waals surface area contributed by atoms with Gasteiger partial charge in [0.2, 0.25) is 0 Å². The van der Waals surface area contributed by atoms with Crippen molar-refractivity contribution in [1.29, 1.82) is 0 Å². The van der Waals surface area contributed by atoms with Crippen LogP contribution in [0.4, 0.5) is 0 Å². The third-order valence-corrected chi connectivity index (χ3v) is 7.12. The van der Waals surface area contributed by atoms with Crippen molar-refractivity contribution < 1.29 is 4.79 Å². The minimum Gasteiger partial charge on any atom is -0.293 e. The molecule has 132 valence electrons. The summed E-state index contributed by atoms with van der Waals surface area (Å²) in [4.78, 5) is 12.4. The Bertz CT molecular complexity index is 829. The van der Waals surface area contributed by atoms with Gasteiger partial charge in [-0.2, -0.15) is 0 Å². The average molecular weight is 472 g/mol. The van der Waals surface area contributed by atoms with Crippen LogP contribution in [-0.4, -0.2) is 10.6 Å². The van der Waals surface area contributed by atoms with Crippen molar-refractivity contribution in [2.24, 2.45) is 0 Å². The van der Waals surface area contributed by atoms with Gasteiger partial charge < -0.3 is 0 Å². The Labute approximate surface area is 171 Å². The molecule has 26 heavy (non-hydrogen) atoms. The van der Waals surface area contributed by atoms with Crippen LogP contribution in [-0.2, 0) is 12.8 Å². The highest BCUT2D eigenvalue weighted by Crippen LogP contribution is 2.33. The number of aryl methyl sites for hydroxylation is 2. The first-order valence-corrected chi connectivity index (χ1v) is 10.5. The second-order valence-electron chi connectivity index (χ2n) is 6.26. The van der Waals surface area contributed by atoms with E-state index in [0.29, 0.717) is 0 Å². The molecule has 0 heterocycles. The van der Waals surface area contributed by atoms with Crippen molar-refractivity contribution in [3.8, 4) is 0 Å². The van der Waals surface area contributed by atoms with Gasteiger partial charge in [-0.05, 0) is 29.5 Å². The molecule has 0 aliphatic heterocycles. The van der Waals surface area contributed by atoms with Gasteiger partial charge in [-0.3, -0.25) is 4.79 Å². The minimum atomic E-state index is -0.305. The fraction of sp³-hybridized carbons (Fsp3) is 0.174. The van der Waals surface area contributed by atoms with Gasteiger partial charge in [0.1, 0.15) is 0 Å². The van der Waals surface area contributed by atoms with Crippen molar-refractivity contribution in [3.05, 3.63) is 107 Å². The first kappa shape index (κ1) is 19.1. The van der Waals surface area contributed by atoms with Crippen LogP contribution in [0.1, 0.15) is 31.9 Å².